The molecule has 0 heterocycles. The summed E-state index contributed by atoms with van der Waals surface area (Å²) in [7, 11) is 0. The standard InChI is InChI=1S/C12H15ClO3/c1-2-16-12(15)11(13)10(14)8-9-6-4-3-5-7-9/h3-7,10-11,14H,2,8H2,1H3/t10-,11-/m0/s1. The van der Waals surface area contributed by atoms with E-state index in [-0.39, 0.29) is 6.61 Å². The fourth-order valence-electron chi connectivity index (χ4n) is 1.34. The second kappa shape index (κ2) is 6.51. The van der Waals surface area contributed by atoms with Gasteiger partial charge in [0, 0.05) is 6.42 Å². The molecule has 0 saturated heterocycles. The highest BCUT2D eigenvalue weighted by Gasteiger charge is 2.25. The SMILES string of the molecule is CCOC(=O)[C@@H](Cl)[C@@H](O)Cc1ccccc1. The number of benzene rings is 1. The summed E-state index contributed by atoms with van der Waals surface area (Å²) < 4.78 is 4.73. The summed E-state index contributed by atoms with van der Waals surface area (Å²) in [6.45, 7) is 1.96. The lowest BCUT2D eigenvalue weighted by Gasteiger charge is -2.15. The van der Waals surface area contributed by atoms with Crippen LogP contribution in [0.3, 0.4) is 0 Å². The van der Waals surface area contributed by atoms with Crippen LogP contribution in [0.15, 0.2) is 30.3 Å². The number of aliphatic hydroxyl groups is 1. The zero-order valence-electron chi connectivity index (χ0n) is 9.10. The molecule has 0 radical (unpaired) electrons. The van der Waals surface area contributed by atoms with Gasteiger partial charge in [0.15, 0.2) is 5.38 Å². The average Bonchev–Trinajstić information content (AvgIpc) is 2.29. The van der Waals surface area contributed by atoms with Crippen LogP contribution in [0.2, 0.25) is 0 Å². The zero-order chi connectivity index (χ0) is 12.0. The van der Waals surface area contributed by atoms with E-state index >= 15 is 0 Å². The van der Waals surface area contributed by atoms with E-state index in [4.69, 9.17) is 16.3 Å². The Kier molecular flexibility index (Phi) is 5.29. The van der Waals surface area contributed by atoms with Crippen LogP contribution in [-0.2, 0) is 16.0 Å². The number of ether oxygens (including phenoxy) is 1. The molecular formula is C12H15ClO3. The molecule has 16 heavy (non-hydrogen) atoms. The number of carbonyl (C=O) groups is 1. The molecule has 0 aliphatic carbocycles. The van der Waals surface area contributed by atoms with Crippen molar-refractivity contribution in [2.75, 3.05) is 6.61 Å². The lowest BCUT2D eigenvalue weighted by Crippen LogP contribution is -2.32. The quantitative estimate of drug-likeness (QED) is 0.632. The predicted octanol–water partition coefficient (Wildman–Crippen LogP) is 1.76. The number of hydrogen-bond donors (Lipinski definition) is 1. The van der Waals surface area contributed by atoms with Crippen LogP contribution in [0.5, 0.6) is 0 Å². The summed E-state index contributed by atoms with van der Waals surface area (Å²) >= 11 is 5.79. The molecule has 0 aromatic heterocycles. The van der Waals surface area contributed by atoms with Gasteiger partial charge >= 0.3 is 5.97 Å². The molecule has 2 atom stereocenters. The molecule has 0 aliphatic rings. The van der Waals surface area contributed by atoms with E-state index < -0.39 is 17.5 Å². The van der Waals surface area contributed by atoms with Gasteiger partial charge in [-0.3, -0.25) is 4.79 Å². The van der Waals surface area contributed by atoms with E-state index in [2.05, 4.69) is 0 Å². The number of hydrogen-bond acceptors (Lipinski definition) is 3. The molecule has 88 valence electrons. The smallest absolute Gasteiger partial charge is 0.326 e. The number of alkyl halides is 1. The second-order valence-electron chi connectivity index (χ2n) is 3.41. The van der Waals surface area contributed by atoms with Crippen LogP contribution in [0.4, 0.5) is 0 Å². The van der Waals surface area contributed by atoms with Crippen LogP contribution >= 0.6 is 11.6 Å². The van der Waals surface area contributed by atoms with E-state index in [1.807, 2.05) is 30.3 Å². The molecule has 0 fully saturated rings. The maximum absolute atomic E-state index is 11.3. The first-order valence-electron chi connectivity index (χ1n) is 5.17. The van der Waals surface area contributed by atoms with Crippen molar-refractivity contribution in [3.05, 3.63) is 35.9 Å². The molecule has 1 aromatic rings. The third kappa shape index (κ3) is 3.83. The fourth-order valence-corrected chi connectivity index (χ4v) is 1.49. The van der Waals surface area contributed by atoms with Crippen LogP contribution in [0, 0.1) is 0 Å². The van der Waals surface area contributed by atoms with Gasteiger partial charge in [-0.05, 0) is 12.5 Å². The van der Waals surface area contributed by atoms with Crippen LogP contribution in [0.1, 0.15) is 12.5 Å². The molecule has 0 unspecified atom stereocenters. The fraction of sp³-hybridized carbons (Fsp3) is 0.417. The number of carbonyl (C=O) groups excluding carboxylic acids is 1. The summed E-state index contributed by atoms with van der Waals surface area (Å²) in [5, 5.41) is 8.72. The Labute approximate surface area is 100.0 Å². The number of halogens is 1. The highest BCUT2D eigenvalue weighted by Crippen LogP contribution is 2.11. The van der Waals surface area contributed by atoms with Gasteiger partial charge in [-0.2, -0.15) is 0 Å². The average molecular weight is 243 g/mol. The highest BCUT2D eigenvalue weighted by molar-refractivity contribution is 6.30. The summed E-state index contributed by atoms with van der Waals surface area (Å²) in [6, 6.07) is 9.38. The van der Waals surface area contributed by atoms with E-state index in [1.54, 1.807) is 6.92 Å². The molecule has 0 saturated carbocycles. The van der Waals surface area contributed by atoms with Gasteiger partial charge in [0.2, 0.25) is 0 Å². The van der Waals surface area contributed by atoms with Crippen molar-refractivity contribution in [2.45, 2.75) is 24.8 Å². The van der Waals surface area contributed by atoms with Crippen molar-refractivity contribution >= 4 is 17.6 Å². The summed E-state index contributed by atoms with van der Waals surface area (Å²) in [5.41, 5.74) is 0.935. The first kappa shape index (κ1) is 13.0. The number of rotatable bonds is 5. The Hall–Kier alpha value is -1.06. The van der Waals surface area contributed by atoms with Gasteiger partial charge in [-0.25, -0.2) is 0 Å². The van der Waals surface area contributed by atoms with Crippen molar-refractivity contribution < 1.29 is 14.6 Å². The van der Waals surface area contributed by atoms with E-state index in [0.717, 1.165) is 5.56 Å². The molecule has 0 bridgehead atoms. The maximum Gasteiger partial charge on any atom is 0.326 e. The Bertz CT molecular complexity index is 326. The molecule has 1 rings (SSSR count). The maximum atomic E-state index is 11.3. The third-order valence-corrected chi connectivity index (χ3v) is 2.61. The Morgan fingerprint density at radius 3 is 2.62 bits per heavy atom. The van der Waals surface area contributed by atoms with Crippen molar-refractivity contribution in [1.82, 2.24) is 0 Å². The largest absolute Gasteiger partial charge is 0.465 e. The molecule has 1 N–H and O–H groups in total. The zero-order valence-corrected chi connectivity index (χ0v) is 9.85. The molecular weight excluding hydrogens is 228 g/mol. The van der Waals surface area contributed by atoms with Crippen molar-refractivity contribution in [2.24, 2.45) is 0 Å². The topological polar surface area (TPSA) is 46.5 Å². The third-order valence-electron chi connectivity index (χ3n) is 2.14. The predicted molar refractivity (Wildman–Crippen MR) is 62.4 cm³/mol. The second-order valence-corrected chi connectivity index (χ2v) is 3.88. The highest BCUT2D eigenvalue weighted by atomic mass is 35.5. The minimum absolute atomic E-state index is 0.264. The molecule has 0 amide bonds. The lowest BCUT2D eigenvalue weighted by atomic mass is 10.1. The molecule has 3 nitrogen and oxygen atoms in total. The normalized spacial score (nSPS) is 14.2. The lowest BCUT2D eigenvalue weighted by molar-refractivity contribution is -0.144. The summed E-state index contributed by atoms with van der Waals surface area (Å²) in [6.07, 6.45) is -0.587. The van der Waals surface area contributed by atoms with Gasteiger partial charge in [-0.15, -0.1) is 11.6 Å². The van der Waals surface area contributed by atoms with Gasteiger partial charge in [0.25, 0.3) is 0 Å². The van der Waals surface area contributed by atoms with Gasteiger partial charge in [-0.1, -0.05) is 30.3 Å². The first-order chi connectivity index (χ1) is 7.65. The van der Waals surface area contributed by atoms with E-state index in [9.17, 15) is 9.90 Å². The summed E-state index contributed by atoms with van der Waals surface area (Å²) in [4.78, 5) is 11.3. The van der Waals surface area contributed by atoms with E-state index in [0.29, 0.717) is 6.42 Å². The number of esters is 1. The van der Waals surface area contributed by atoms with Gasteiger partial charge in [0.1, 0.15) is 0 Å². The van der Waals surface area contributed by atoms with Crippen LogP contribution in [0.25, 0.3) is 0 Å². The minimum Gasteiger partial charge on any atom is -0.465 e. The Morgan fingerprint density at radius 2 is 2.06 bits per heavy atom. The monoisotopic (exact) mass is 242 g/mol. The molecule has 1 aromatic carbocycles. The first-order valence-corrected chi connectivity index (χ1v) is 5.61. The minimum atomic E-state index is -1.01. The Morgan fingerprint density at radius 1 is 1.44 bits per heavy atom. The molecule has 0 aliphatic heterocycles. The van der Waals surface area contributed by atoms with Crippen LogP contribution < -0.4 is 0 Å². The van der Waals surface area contributed by atoms with Crippen molar-refractivity contribution in [1.29, 1.82) is 0 Å². The molecule has 0 spiro atoms. The Balaban J connectivity index is 2.52. The van der Waals surface area contributed by atoms with Gasteiger partial charge < -0.3 is 9.84 Å². The van der Waals surface area contributed by atoms with Gasteiger partial charge in [0.05, 0.1) is 12.7 Å². The van der Waals surface area contributed by atoms with Crippen molar-refractivity contribution in [3.8, 4) is 0 Å². The number of aliphatic hydroxyl groups excluding tert-OH is 1. The van der Waals surface area contributed by atoms with E-state index in [1.165, 1.54) is 0 Å². The summed E-state index contributed by atoms with van der Waals surface area (Å²) in [5.74, 6) is -0.576. The molecule has 4 heteroatoms. The van der Waals surface area contributed by atoms with Crippen molar-refractivity contribution in [3.63, 3.8) is 0 Å². The van der Waals surface area contributed by atoms with Crippen LogP contribution in [-0.4, -0.2) is 29.2 Å².